The third kappa shape index (κ3) is 2.46. The summed E-state index contributed by atoms with van der Waals surface area (Å²) in [6.07, 6.45) is 5.98. The van der Waals surface area contributed by atoms with E-state index in [-0.39, 0.29) is 5.41 Å². The maximum absolute atomic E-state index is 12.8. The molecule has 0 bridgehead atoms. The molecule has 0 radical (unpaired) electrons. The van der Waals surface area contributed by atoms with Crippen LogP contribution in [0.5, 0.6) is 0 Å². The van der Waals surface area contributed by atoms with Gasteiger partial charge in [-0.05, 0) is 44.3 Å². The van der Waals surface area contributed by atoms with Gasteiger partial charge in [-0.25, -0.2) is 0 Å². The number of hydrogen-bond donors (Lipinski definition) is 0. The van der Waals surface area contributed by atoms with Crippen LogP contribution in [-0.4, -0.2) is 30.3 Å². The summed E-state index contributed by atoms with van der Waals surface area (Å²) in [4.78, 5) is 15.3. The summed E-state index contributed by atoms with van der Waals surface area (Å²) < 4.78 is 0. The average Bonchev–Trinajstić information content (AvgIpc) is 2.45. The molecular formula is C17H23NO. The largest absolute Gasteiger partial charge is 0.302 e. The summed E-state index contributed by atoms with van der Waals surface area (Å²) >= 11 is 0. The quantitative estimate of drug-likeness (QED) is 0.810. The molecule has 0 N–H and O–H groups in total. The normalized spacial score (nSPS) is 28.2. The molecule has 2 aliphatic rings. The van der Waals surface area contributed by atoms with Crippen LogP contribution in [0.4, 0.5) is 0 Å². The highest BCUT2D eigenvalue weighted by atomic mass is 16.1. The van der Waals surface area contributed by atoms with E-state index in [9.17, 15) is 4.79 Å². The highest BCUT2D eigenvalue weighted by Crippen LogP contribution is 2.36. The average molecular weight is 257 g/mol. The second-order valence-electron chi connectivity index (χ2n) is 6.38. The molecule has 1 aromatic carbocycles. The number of Topliss-reactive ketones (excluding diaryl/α,β-unsaturated/α-hetero) is 1. The van der Waals surface area contributed by atoms with E-state index in [4.69, 9.17) is 0 Å². The van der Waals surface area contributed by atoms with E-state index in [1.807, 2.05) is 18.2 Å². The summed E-state index contributed by atoms with van der Waals surface area (Å²) in [6, 6.07) is 8.14. The molecule has 1 aliphatic heterocycles. The number of nitrogens with zero attached hydrogens (tertiary/aromatic N) is 1. The number of rotatable bonds is 2. The number of carbonyl (C=O) groups excluding carboxylic acids is 1. The summed E-state index contributed by atoms with van der Waals surface area (Å²) in [5.41, 5.74) is 2.03. The van der Waals surface area contributed by atoms with Gasteiger partial charge in [0.05, 0.1) is 0 Å². The van der Waals surface area contributed by atoms with Crippen molar-refractivity contribution in [2.75, 3.05) is 19.6 Å². The van der Waals surface area contributed by atoms with E-state index >= 15 is 0 Å². The topological polar surface area (TPSA) is 20.3 Å². The van der Waals surface area contributed by atoms with E-state index in [0.717, 1.165) is 24.9 Å². The van der Waals surface area contributed by atoms with E-state index in [2.05, 4.69) is 17.9 Å². The Morgan fingerprint density at radius 1 is 1.16 bits per heavy atom. The van der Waals surface area contributed by atoms with Gasteiger partial charge in [0.15, 0.2) is 5.78 Å². The third-order valence-corrected chi connectivity index (χ3v) is 4.78. The van der Waals surface area contributed by atoms with Crippen LogP contribution < -0.4 is 0 Å². The predicted octanol–water partition coefficient (Wildman–Crippen LogP) is 3.31. The number of piperidine rings is 1. The monoisotopic (exact) mass is 257 g/mol. The molecule has 1 aliphatic carbocycles. The molecule has 0 spiro atoms. The maximum Gasteiger partial charge on any atom is 0.170 e. The molecule has 2 heteroatoms. The van der Waals surface area contributed by atoms with Crippen molar-refractivity contribution in [1.29, 1.82) is 0 Å². The van der Waals surface area contributed by atoms with Crippen LogP contribution >= 0.6 is 0 Å². The van der Waals surface area contributed by atoms with Gasteiger partial charge in [-0.1, -0.05) is 37.6 Å². The Morgan fingerprint density at radius 2 is 1.89 bits per heavy atom. The lowest BCUT2D eigenvalue weighted by molar-refractivity contribution is 0.0667. The first-order valence-corrected chi connectivity index (χ1v) is 7.54. The molecule has 3 rings (SSSR count). The van der Waals surface area contributed by atoms with Crippen LogP contribution in [0.1, 0.15) is 48.5 Å². The fourth-order valence-corrected chi connectivity index (χ4v) is 3.57. The first-order valence-electron chi connectivity index (χ1n) is 7.54. The molecule has 19 heavy (non-hydrogen) atoms. The van der Waals surface area contributed by atoms with Crippen LogP contribution in [0, 0.1) is 5.41 Å². The molecule has 1 aromatic rings. The number of hydrogen-bond acceptors (Lipinski definition) is 2. The second-order valence-corrected chi connectivity index (χ2v) is 6.38. The summed E-state index contributed by atoms with van der Waals surface area (Å²) in [6.45, 7) is 5.45. The van der Waals surface area contributed by atoms with E-state index in [1.54, 1.807) is 0 Å². The molecule has 102 valence electrons. The van der Waals surface area contributed by atoms with Gasteiger partial charge in [-0.2, -0.15) is 0 Å². The lowest BCUT2D eigenvalue weighted by Gasteiger charge is -2.39. The van der Waals surface area contributed by atoms with Crippen molar-refractivity contribution < 1.29 is 4.79 Å². The summed E-state index contributed by atoms with van der Waals surface area (Å²) in [7, 11) is 0. The Morgan fingerprint density at radius 3 is 2.68 bits per heavy atom. The zero-order chi connectivity index (χ0) is 13.3. The van der Waals surface area contributed by atoms with Gasteiger partial charge in [0.2, 0.25) is 0 Å². The second kappa shape index (κ2) is 5.09. The van der Waals surface area contributed by atoms with Crippen molar-refractivity contribution in [2.24, 2.45) is 5.41 Å². The molecule has 1 fully saturated rings. The first-order chi connectivity index (χ1) is 9.19. The summed E-state index contributed by atoms with van der Waals surface area (Å²) in [5, 5.41) is 0. The van der Waals surface area contributed by atoms with Crippen LogP contribution in [-0.2, 0) is 6.42 Å². The van der Waals surface area contributed by atoms with Crippen LogP contribution in [0.3, 0.4) is 0 Å². The van der Waals surface area contributed by atoms with Gasteiger partial charge >= 0.3 is 0 Å². The maximum atomic E-state index is 12.8. The Bertz CT molecular complexity index is 476. The lowest BCUT2D eigenvalue weighted by atomic mass is 9.71. The molecule has 1 heterocycles. The van der Waals surface area contributed by atoms with Crippen molar-refractivity contribution in [1.82, 2.24) is 4.90 Å². The van der Waals surface area contributed by atoms with Gasteiger partial charge in [0.1, 0.15) is 0 Å². The highest BCUT2D eigenvalue weighted by molar-refractivity contribution is 6.02. The number of ketones is 1. The molecule has 2 nitrogen and oxygen atoms in total. The number of aryl methyl sites for hydroxylation is 1. The molecule has 0 saturated carbocycles. The molecule has 0 amide bonds. The summed E-state index contributed by atoms with van der Waals surface area (Å²) in [5.74, 6) is 0.361. The minimum atomic E-state index is -0.175. The highest BCUT2D eigenvalue weighted by Gasteiger charge is 2.39. The Labute approximate surface area is 115 Å². The molecular weight excluding hydrogens is 234 g/mol. The Balaban J connectivity index is 1.79. The van der Waals surface area contributed by atoms with Crippen LogP contribution in [0.2, 0.25) is 0 Å². The minimum absolute atomic E-state index is 0.175. The van der Waals surface area contributed by atoms with E-state index < -0.39 is 0 Å². The Kier molecular flexibility index (Phi) is 3.44. The van der Waals surface area contributed by atoms with Crippen LogP contribution in [0.25, 0.3) is 0 Å². The lowest BCUT2D eigenvalue weighted by Crippen LogP contribution is -2.45. The Hall–Kier alpha value is -1.15. The van der Waals surface area contributed by atoms with Gasteiger partial charge in [0, 0.05) is 17.5 Å². The number of likely N-dealkylation sites (tertiary alicyclic amines) is 1. The number of fused-ring (bicyclic) bond motifs is 1. The van der Waals surface area contributed by atoms with E-state index in [1.165, 1.54) is 37.9 Å². The molecule has 0 aromatic heterocycles. The van der Waals surface area contributed by atoms with Crippen molar-refractivity contribution in [3.05, 3.63) is 35.4 Å². The zero-order valence-corrected chi connectivity index (χ0v) is 11.8. The number of carbonyl (C=O) groups is 1. The first kappa shape index (κ1) is 12.9. The van der Waals surface area contributed by atoms with Crippen molar-refractivity contribution >= 4 is 5.78 Å². The van der Waals surface area contributed by atoms with E-state index in [0.29, 0.717) is 5.78 Å². The molecule has 1 atom stereocenters. The number of benzene rings is 1. The zero-order valence-electron chi connectivity index (χ0n) is 11.8. The smallest absolute Gasteiger partial charge is 0.170 e. The van der Waals surface area contributed by atoms with Gasteiger partial charge in [-0.3, -0.25) is 4.79 Å². The fourth-order valence-electron chi connectivity index (χ4n) is 3.57. The van der Waals surface area contributed by atoms with Crippen molar-refractivity contribution in [3.63, 3.8) is 0 Å². The molecule has 1 saturated heterocycles. The molecule has 1 unspecified atom stereocenters. The fraction of sp³-hybridized carbons (Fsp3) is 0.588. The minimum Gasteiger partial charge on any atom is -0.302 e. The van der Waals surface area contributed by atoms with Gasteiger partial charge in [0.25, 0.3) is 0 Å². The standard InChI is InChI=1S/C17H23NO/c1-17(13-18-11-5-2-6-12-18)10-9-14-7-3-4-8-15(14)16(17)19/h3-4,7-8H,2,5-6,9-13H2,1H3. The SMILES string of the molecule is CC1(CN2CCCCC2)CCc2ccccc2C1=O. The van der Waals surface area contributed by atoms with Crippen LogP contribution in [0.15, 0.2) is 24.3 Å². The predicted molar refractivity (Wildman–Crippen MR) is 77.5 cm³/mol. The van der Waals surface area contributed by atoms with Gasteiger partial charge < -0.3 is 4.90 Å². The third-order valence-electron chi connectivity index (χ3n) is 4.78. The van der Waals surface area contributed by atoms with Gasteiger partial charge in [-0.15, -0.1) is 0 Å². The van der Waals surface area contributed by atoms with Crippen molar-refractivity contribution in [3.8, 4) is 0 Å². The van der Waals surface area contributed by atoms with Crippen molar-refractivity contribution in [2.45, 2.75) is 39.0 Å².